The second-order valence-electron chi connectivity index (χ2n) is 5.88. The first-order chi connectivity index (χ1) is 8.58. The third-order valence-electron chi connectivity index (χ3n) is 3.74. The molecule has 0 aromatic rings. The van der Waals surface area contributed by atoms with E-state index in [1.807, 2.05) is 13.8 Å². The fraction of sp³-hybridized carbons (Fsp3) is 0.533. The highest BCUT2D eigenvalue weighted by Crippen LogP contribution is 2.47. The summed E-state index contributed by atoms with van der Waals surface area (Å²) in [5.74, 6) is -1.02. The Morgan fingerprint density at radius 3 is 2.53 bits per heavy atom. The molecule has 0 aromatic carbocycles. The van der Waals surface area contributed by atoms with E-state index in [1.54, 1.807) is 19.1 Å². The van der Waals surface area contributed by atoms with Crippen molar-refractivity contribution in [2.75, 3.05) is 0 Å². The van der Waals surface area contributed by atoms with Crippen molar-refractivity contribution in [2.24, 2.45) is 5.41 Å². The summed E-state index contributed by atoms with van der Waals surface area (Å²) in [5.41, 5.74) is -0.701. The van der Waals surface area contributed by atoms with Gasteiger partial charge in [-0.05, 0) is 37.0 Å². The van der Waals surface area contributed by atoms with Crippen LogP contribution in [0.25, 0.3) is 0 Å². The summed E-state index contributed by atoms with van der Waals surface area (Å²) >= 11 is 0. The van der Waals surface area contributed by atoms with Gasteiger partial charge in [0, 0.05) is 11.5 Å². The zero-order valence-electron chi connectivity index (χ0n) is 11.7. The van der Waals surface area contributed by atoms with Crippen LogP contribution in [0, 0.1) is 5.41 Å². The van der Waals surface area contributed by atoms with E-state index in [0.29, 0.717) is 24.0 Å². The number of rotatable bonds is 3. The molecule has 0 unspecified atom stereocenters. The standard InChI is InChI=1S/C15H22O4/c1-10(7-13(17)18)5-6-15(19)11(2)8-12(16)9-14(15,3)4/h5-7,12,16,19H,2,8-9H2,1,3-4H3,(H,17,18)/b6-5+,10-7+/t12-,15-/m1/s1. The molecule has 0 amide bonds. The number of carbonyl (C=O) groups is 1. The molecule has 0 spiro atoms. The highest BCUT2D eigenvalue weighted by atomic mass is 16.4. The van der Waals surface area contributed by atoms with Gasteiger partial charge in [0.1, 0.15) is 5.60 Å². The fourth-order valence-corrected chi connectivity index (χ4v) is 2.57. The topological polar surface area (TPSA) is 77.8 Å². The zero-order valence-corrected chi connectivity index (χ0v) is 11.7. The number of carboxylic acids is 1. The fourth-order valence-electron chi connectivity index (χ4n) is 2.57. The minimum Gasteiger partial charge on any atom is -0.478 e. The molecule has 0 aromatic heterocycles. The summed E-state index contributed by atoms with van der Waals surface area (Å²) in [7, 11) is 0. The van der Waals surface area contributed by atoms with Crippen molar-refractivity contribution in [1.29, 1.82) is 0 Å². The van der Waals surface area contributed by atoms with Gasteiger partial charge >= 0.3 is 5.97 Å². The van der Waals surface area contributed by atoms with Crippen molar-refractivity contribution in [1.82, 2.24) is 0 Å². The molecule has 0 bridgehead atoms. The van der Waals surface area contributed by atoms with E-state index in [1.165, 1.54) is 0 Å². The first kappa shape index (κ1) is 15.7. The van der Waals surface area contributed by atoms with Crippen molar-refractivity contribution in [3.05, 3.63) is 36.0 Å². The predicted octanol–water partition coefficient (Wildman–Crippen LogP) is 2.04. The highest BCUT2D eigenvalue weighted by Gasteiger charge is 2.48. The lowest BCUT2D eigenvalue weighted by Gasteiger charge is -2.47. The van der Waals surface area contributed by atoms with Crippen molar-refractivity contribution in [3.63, 3.8) is 0 Å². The lowest BCUT2D eigenvalue weighted by molar-refractivity contribution is -0.131. The first-order valence-electron chi connectivity index (χ1n) is 6.27. The summed E-state index contributed by atoms with van der Waals surface area (Å²) in [4.78, 5) is 10.6. The molecule has 1 aliphatic rings. The Hall–Kier alpha value is -1.39. The maximum atomic E-state index is 10.8. The molecule has 1 saturated carbocycles. The van der Waals surface area contributed by atoms with Crippen molar-refractivity contribution >= 4 is 5.97 Å². The Labute approximate surface area is 113 Å². The van der Waals surface area contributed by atoms with Gasteiger partial charge in [0.2, 0.25) is 0 Å². The highest BCUT2D eigenvalue weighted by molar-refractivity contribution is 5.81. The van der Waals surface area contributed by atoms with Crippen molar-refractivity contribution in [2.45, 2.75) is 45.3 Å². The van der Waals surface area contributed by atoms with Gasteiger partial charge in [0.05, 0.1) is 6.10 Å². The summed E-state index contributed by atoms with van der Waals surface area (Å²) in [6.07, 6.45) is 4.56. The van der Waals surface area contributed by atoms with Gasteiger partial charge in [0.15, 0.2) is 0 Å². The molecule has 4 nitrogen and oxygen atoms in total. The first-order valence-corrected chi connectivity index (χ1v) is 6.27. The molecule has 1 aliphatic carbocycles. The second-order valence-corrected chi connectivity index (χ2v) is 5.88. The quantitative estimate of drug-likeness (QED) is 0.415. The predicted molar refractivity (Wildman–Crippen MR) is 73.6 cm³/mol. The van der Waals surface area contributed by atoms with E-state index < -0.39 is 23.1 Å². The van der Waals surface area contributed by atoms with E-state index in [0.717, 1.165) is 6.08 Å². The molecule has 1 rings (SSSR count). The van der Waals surface area contributed by atoms with Gasteiger partial charge in [-0.2, -0.15) is 0 Å². The number of hydrogen-bond acceptors (Lipinski definition) is 3. The lowest BCUT2D eigenvalue weighted by Crippen LogP contribution is -2.50. The van der Waals surface area contributed by atoms with Gasteiger partial charge in [-0.3, -0.25) is 0 Å². The monoisotopic (exact) mass is 266 g/mol. The maximum Gasteiger partial charge on any atom is 0.328 e. The third kappa shape index (κ3) is 3.33. The van der Waals surface area contributed by atoms with Gasteiger partial charge in [-0.15, -0.1) is 0 Å². The molecule has 106 valence electrons. The van der Waals surface area contributed by atoms with Crippen LogP contribution in [0.2, 0.25) is 0 Å². The zero-order chi connectivity index (χ0) is 14.8. The molecule has 1 fully saturated rings. The Kier molecular flexibility index (Phi) is 4.38. The number of aliphatic hydroxyl groups is 2. The molecule has 0 radical (unpaired) electrons. The molecule has 19 heavy (non-hydrogen) atoms. The summed E-state index contributed by atoms with van der Waals surface area (Å²) in [6, 6.07) is 0. The van der Waals surface area contributed by atoms with Crippen LogP contribution in [0.1, 0.15) is 33.6 Å². The van der Waals surface area contributed by atoms with Gasteiger partial charge in [-0.25, -0.2) is 4.79 Å². The van der Waals surface area contributed by atoms with Crippen molar-refractivity contribution < 1.29 is 20.1 Å². The molecule has 0 aliphatic heterocycles. The SMILES string of the molecule is C=C1C[C@@H](O)CC(C)(C)[C@@]1(O)/C=C/C(C)=C/C(=O)O. The van der Waals surface area contributed by atoms with E-state index in [-0.39, 0.29) is 0 Å². The Morgan fingerprint density at radius 2 is 2.05 bits per heavy atom. The molecular formula is C15H22O4. The summed E-state index contributed by atoms with van der Waals surface area (Å²) < 4.78 is 0. The van der Waals surface area contributed by atoms with E-state index in [9.17, 15) is 15.0 Å². The summed E-state index contributed by atoms with van der Waals surface area (Å²) in [6.45, 7) is 9.23. The minimum atomic E-state index is -1.24. The Morgan fingerprint density at radius 1 is 1.47 bits per heavy atom. The minimum absolute atomic E-state index is 0.353. The number of allylic oxidation sites excluding steroid dienone is 2. The van der Waals surface area contributed by atoms with Crippen LogP contribution in [-0.4, -0.2) is 33.0 Å². The van der Waals surface area contributed by atoms with Crippen LogP contribution >= 0.6 is 0 Å². The van der Waals surface area contributed by atoms with Crippen molar-refractivity contribution in [3.8, 4) is 0 Å². The average molecular weight is 266 g/mol. The average Bonchev–Trinajstić information content (AvgIpc) is 2.21. The van der Waals surface area contributed by atoms with E-state index in [4.69, 9.17) is 5.11 Å². The van der Waals surface area contributed by atoms with E-state index >= 15 is 0 Å². The normalized spacial score (nSPS) is 31.7. The largest absolute Gasteiger partial charge is 0.478 e. The number of aliphatic carboxylic acids is 1. The molecule has 3 N–H and O–H groups in total. The Bertz CT molecular complexity index is 445. The maximum absolute atomic E-state index is 10.8. The number of hydrogen-bond donors (Lipinski definition) is 3. The van der Waals surface area contributed by atoms with Crippen LogP contribution in [0.15, 0.2) is 36.0 Å². The van der Waals surface area contributed by atoms with Crippen LogP contribution in [0.3, 0.4) is 0 Å². The Balaban J connectivity index is 3.05. The number of aliphatic hydroxyl groups excluding tert-OH is 1. The lowest BCUT2D eigenvalue weighted by atomic mass is 9.62. The second kappa shape index (κ2) is 5.31. The van der Waals surface area contributed by atoms with Gasteiger partial charge < -0.3 is 15.3 Å². The molecule has 2 atom stereocenters. The van der Waals surface area contributed by atoms with E-state index in [2.05, 4.69) is 6.58 Å². The van der Waals surface area contributed by atoms with Gasteiger partial charge in [0.25, 0.3) is 0 Å². The molecule has 0 heterocycles. The molecule has 0 saturated heterocycles. The molecule has 4 heteroatoms. The number of carboxylic acid groups (broad SMARTS) is 1. The smallest absolute Gasteiger partial charge is 0.328 e. The molecular weight excluding hydrogens is 244 g/mol. The van der Waals surface area contributed by atoms with Crippen LogP contribution in [-0.2, 0) is 4.79 Å². The van der Waals surface area contributed by atoms with Crippen LogP contribution in [0.5, 0.6) is 0 Å². The third-order valence-corrected chi connectivity index (χ3v) is 3.74. The van der Waals surface area contributed by atoms with Gasteiger partial charge in [-0.1, -0.05) is 26.5 Å². The van der Waals surface area contributed by atoms with Crippen LogP contribution < -0.4 is 0 Å². The summed E-state index contributed by atoms with van der Waals surface area (Å²) in [5, 5.41) is 29.2. The van der Waals surface area contributed by atoms with Crippen LogP contribution in [0.4, 0.5) is 0 Å².